The highest BCUT2D eigenvalue weighted by molar-refractivity contribution is 5.93. The third-order valence-corrected chi connectivity index (χ3v) is 18.1. The fraction of sp³-hybridized carbons (Fsp3) is 0.667. The molecule has 0 bridgehead atoms. The van der Waals surface area contributed by atoms with Crippen LogP contribution in [0.25, 0.3) is 0 Å². The molecule has 0 radical (unpaired) electrons. The quantitative estimate of drug-likeness (QED) is 0.0268. The van der Waals surface area contributed by atoms with Crippen LogP contribution in [0, 0.1) is 47.3 Å². The Kier molecular flexibility index (Phi) is 23.0. The van der Waals surface area contributed by atoms with Crippen molar-refractivity contribution in [2.45, 2.75) is 180 Å². The Labute approximate surface area is 475 Å². The number of hydrogen-bond donors (Lipinski definition) is 0. The van der Waals surface area contributed by atoms with E-state index in [0.717, 1.165) is 76.4 Å². The predicted octanol–water partition coefficient (Wildman–Crippen LogP) is 13.9. The van der Waals surface area contributed by atoms with E-state index in [0.29, 0.717) is 100 Å². The summed E-state index contributed by atoms with van der Waals surface area (Å²) in [5.41, 5.74) is 0.441. The summed E-state index contributed by atoms with van der Waals surface area (Å²) in [6, 6.07) is 15.9. The molecule has 80 heavy (non-hydrogen) atoms. The van der Waals surface area contributed by atoms with Gasteiger partial charge in [-0.05, 0) is 187 Å². The highest BCUT2D eigenvalue weighted by Crippen LogP contribution is 2.46. The van der Waals surface area contributed by atoms with E-state index in [9.17, 15) is 19.2 Å². The van der Waals surface area contributed by atoms with Gasteiger partial charge in [-0.2, -0.15) is 0 Å². The highest BCUT2D eigenvalue weighted by atomic mass is 16.6. The van der Waals surface area contributed by atoms with Crippen LogP contribution in [0.3, 0.4) is 0 Å². The monoisotopic (exact) mass is 1110 g/mol. The molecule has 2 unspecified atom stereocenters. The van der Waals surface area contributed by atoms with Crippen LogP contribution in [0.2, 0.25) is 0 Å². The van der Waals surface area contributed by atoms with Crippen LogP contribution in [0.1, 0.15) is 189 Å². The second-order valence-corrected chi connectivity index (χ2v) is 23.9. The lowest BCUT2D eigenvalue weighted by Crippen LogP contribution is -2.30. The molecule has 6 fully saturated rings. The van der Waals surface area contributed by atoms with Crippen LogP contribution in [0.4, 0.5) is 0 Å². The summed E-state index contributed by atoms with van der Waals surface area (Å²) in [4.78, 5) is 56.8. The van der Waals surface area contributed by atoms with Gasteiger partial charge in [0.1, 0.15) is 23.7 Å². The fourth-order valence-electron chi connectivity index (χ4n) is 13.0. The standard InChI is InChI=1S/C66H90O14/c1-3-9-45-11-15-47(16-12-45)49-19-23-51(24-20-49)63(67)77-59-39-62(80-66(70)54-29-33-56(34-30-54)74-38-8-6-36-72-42-58-44-76-58)60(78-64(68)52-25-21-50(22-26-52)48-17-13-46(10-4-2)14-18-48)40-61(59)79-65(69)53-27-31-55(32-28-53)73-37-7-5-35-71-41-57-43-75-57/h27-34,39-40,45-52,57-58H,3-26,35-38,41-44H2,1-2H3. The largest absolute Gasteiger partial charge is 0.494 e. The van der Waals surface area contributed by atoms with Gasteiger partial charge in [0.2, 0.25) is 0 Å². The van der Waals surface area contributed by atoms with Gasteiger partial charge in [-0.3, -0.25) is 9.59 Å². The first-order valence-electron chi connectivity index (χ1n) is 31.1. The molecule has 3 aromatic rings. The van der Waals surface area contributed by atoms with E-state index >= 15 is 0 Å². The number of carbonyl (C=O) groups is 4. The van der Waals surface area contributed by atoms with E-state index in [1.807, 2.05) is 0 Å². The van der Waals surface area contributed by atoms with E-state index in [1.165, 1.54) is 89.2 Å². The molecular formula is C66H90O14. The maximum atomic E-state index is 14.3. The Morgan fingerprint density at radius 2 is 0.750 bits per heavy atom. The maximum Gasteiger partial charge on any atom is 0.343 e. The maximum absolute atomic E-state index is 14.3. The van der Waals surface area contributed by atoms with E-state index < -0.39 is 23.9 Å². The summed E-state index contributed by atoms with van der Waals surface area (Å²) in [6.07, 6.45) is 25.6. The van der Waals surface area contributed by atoms with Crippen LogP contribution >= 0.6 is 0 Å². The number of unbranched alkanes of at least 4 members (excludes halogenated alkanes) is 2. The van der Waals surface area contributed by atoms with Crippen molar-refractivity contribution < 1.29 is 66.5 Å². The van der Waals surface area contributed by atoms with Crippen molar-refractivity contribution in [3.05, 3.63) is 71.8 Å². The Morgan fingerprint density at radius 3 is 1.09 bits per heavy atom. The molecule has 0 spiro atoms. The lowest BCUT2D eigenvalue weighted by Gasteiger charge is -2.37. The molecule has 14 nitrogen and oxygen atoms in total. The van der Waals surface area contributed by atoms with E-state index in [4.69, 9.17) is 47.4 Å². The molecular weight excluding hydrogens is 1020 g/mol. The molecule has 0 aromatic heterocycles. The van der Waals surface area contributed by atoms with Gasteiger partial charge < -0.3 is 47.4 Å². The van der Waals surface area contributed by atoms with Gasteiger partial charge >= 0.3 is 23.9 Å². The first-order chi connectivity index (χ1) is 39.2. The van der Waals surface area contributed by atoms with Crippen molar-refractivity contribution in [3.63, 3.8) is 0 Å². The molecule has 2 saturated heterocycles. The molecule has 14 heteroatoms. The molecule has 9 rings (SSSR count). The summed E-state index contributed by atoms with van der Waals surface area (Å²) < 4.78 is 58.2. The third-order valence-electron chi connectivity index (χ3n) is 18.1. The Morgan fingerprint density at radius 1 is 0.425 bits per heavy atom. The SMILES string of the molecule is CCCC1CCC(C2CCC(C(=O)Oc3cc(OC(=O)c4ccc(OCCCCOCC5CO5)cc4)c(OC(=O)C4CCC(C5CCC(CCC)CC5)CC4)cc3OC(=O)c3ccc(OCCCCOCC4CO4)cc3)CC2)CC1. The van der Waals surface area contributed by atoms with Crippen molar-refractivity contribution in [1.82, 2.24) is 0 Å². The zero-order valence-electron chi connectivity index (χ0n) is 47.9. The average molecular weight is 1110 g/mol. The van der Waals surface area contributed by atoms with Crippen molar-refractivity contribution in [2.24, 2.45) is 47.3 Å². The van der Waals surface area contributed by atoms with Gasteiger partial charge in [0.25, 0.3) is 0 Å². The summed E-state index contributed by atoms with van der Waals surface area (Å²) in [5, 5.41) is 0. The number of esters is 4. The van der Waals surface area contributed by atoms with Crippen LogP contribution in [-0.2, 0) is 28.5 Å². The van der Waals surface area contributed by atoms with Crippen LogP contribution in [0.5, 0.6) is 34.5 Å². The van der Waals surface area contributed by atoms with Gasteiger partial charge in [0, 0.05) is 25.3 Å². The van der Waals surface area contributed by atoms with Crippen LogP contribution in [0.15, 0.2) is 60.7 Å². The zero-order chi connectivity index (χ0) is 55.5. The van der Waals surface area contributed by atoms with Gasteiger partial charge in [0.05, 0.1) is 62.6 Å². The van der Waals surface area contributed by atoms with Gasteiger partial charge in [-0.15, -0.1) is 0 Å². The zero-order valence-corrected chi connectivity index (χ0v) is 47.9. The lowest BCUT2D eigenvalue weighted by atomic mass is 9.69. The Bertz CT molecular complexity index is 2210. The molecule has 438 valence electrons. The molecule has 4 aliphatic carbocycles. The molecule has 2 aliphatic heterocycles. The van der Waals surface area contributed by atoms with Crippen molar-refractivity contribution >= 4 is 23.9 Å². The minimum atomic E-state index is -0.733. The van der Waals surface area contributed by atoms with E-state index in [1.54, 1.807) is 48.5 Å². The number of epoxide rings is 2. The Balaban J connectivity index is 0.901. The molecule has 4 saturated carbocycles. The number of rotatable bonds is 30. The van der Waals surface area contributed by atoms with Gasteiger partial charge in [0.15, 0.2) is 23.0 Å². The smallest absolute Gasteiger partial charge is 0.343 e. The fourth-order valence-corrected chi connectivity index (χ4v) is 13.0. The first-order valence-corrected chi connectivity index (χ1v) is 31.1. The summed E-state index contributed by atoms with van der Waals surface area (Å²) in [6.45, 7) is 9.56. The molecule has 6 aliphatic rings. The van der Waals surface area contributed by atoms with Gasteiger partial charge in [-0.1, -0.05) is 65.2 Å². The minimum absolute atomic E-state index is 0.125. The summed E-state index contributed by atoms with van der Waals surface area (Å²) in [5.74, 6) is 1.74. The first kappa shape index (κ1) is 59.6. The molecule has 2 heterocycles. The number of hydrogen-bond acceptors (Lipinski definition) is 14. The molecule has 2 atom stereocenters. The third kappa shape index (κ3) is 18.5. The lowest BCUT2D eigenvalue weighted by molar-refractivity contribution is -0.141. The van der Waals surface area contributed by atoms with Crippen LogP contribution < -0.4 is 28.4 Å². The molecule has 3 aromatic carbocycles. The van der Waals surface area contributed by atoms with E-state index in [-0.39, 0.29) is 58.2 Å². The van der Waals surface area contributed by atoms with Crippen molar-refractivity contribution in [2.75, 3.05) is 52.9 Å². The summed E-state index contributed by atoms with van der Waals surface area (Å²) >= 11 is 0. The topological polar surface area (TPSA) is 167 Å². The number of ether oxygens (including phenoxy) is 10. The Hall–Kier alpha value is -5.02. The molecule has 0 N–H and O–H groups in total. The van der Waals surface area contributed by atoms with Crippen molar-refractivity contribution in [1.29, 1.82) is 0 Å². The normalized spacial score (nSPS) is 26.4. The highest BCUT2D eigenvalue weighted by Gasteiger charge is 2.37. The average Bonchev–Trinajstić information content (AvgIpc) is 4.45. The van der Waals surface area contributed by atoms with Crippen molar-refractivity contribution in [3.8, 4) is 34.5 Å². The molecule has 0 amide bonds. The van der Waals surface area contributed by atoms with Crippen LogP contribution in [-0.4, -0.2) is 88.9 Å². The number of carbonyl (C=O) groups excluding carboxylic acids is 4. The predicted molar refractivity (Wildman–Crippen MR) is 303 cm³/mol. The second kappa shape index (κ2) is 30.9. The summed E-state index contributed by atoms with van der Waals surface area (Å²) in [7, 11) is 0. The minimum Gasteiger partial charge on any atom is -0.494 e. The van der Waals surface area contributed by atoms with Gasteiger partial charge in [-0.25, -0.2) is 9.59 Å². The van der Waals surface area contributed by atoms with E-state index in [2.05, 4.69) is 13.8 Å². The number of benzene rings is 3. The second-order valence-electron chi connectivity index (χ2n) is 23.9.